The smallest absolute Gasteiger partial charge is 0.128 e. The predicted octanol–water partition coefficient (Wildman–Crippen LogP) is 3.72. The van der Waals surface area contributed by atoms with Gasteiger partial charge in [0.15, 0.2) is 0 Å². The van der Waals surface area contributed by atoms with Crippen molar-refractivity contribution in [3.63, 3.8) is 0 Å². The number of aromatic nitrogens is 3. The maximum Gasteiger partial charge on any atom is 0.128 e. The highest BCUT2D eigenvalue weighted by atomic mass is 35.5. The molecule has 20 heavy (non-hydrogen) atoms. The molecule has 3 unspecified atom stereocenters. The number of fused-ring (bicyclic) bond motifs is 1. The molecule has 2 aromatic heterocycles. The maximum absolute atomic E-state index is 6.33. The molecule has 0 spiro atoms. The number of methoxy groups -OCH3 is 1. The van der Waals surface area contributed by atoms with Crippen LogP contribution in [-0.2, 0) is 4.74 Å². The van der Waals surface area contributed by atoms with E-state index in [2.05, 4.69) is 28.4 Å². The molecule has 0 radical (unpaired) electrons. The van der Waals surface area contributed by atoms with Crippen LogP contribution in [0.5, 0.6) is 0 Å². The standard InChI is InChI=1S/C15H20ClN3O/c1-9(16)14-18-10-8-17-6-5-11(10)19(14)12-7-13(20-4)15(12,2)3/h5-6,8-9,12-13H,7H2,1-4H3. The van der Waals surface area contributed by atoms with Gasteiger partial charge in [-0.3, -0.25) is 4.98 Å². The van der Waals surface area contributed by atoms with E-state index in [0.717, 1.165) is 23.3 Å². The number of ether oxygens (including phenoxy) is 1. The summed E-state index contributed by atoms with van der Waals surface area (Å²) in [6.45, 7) is 6.45. The lowest BCUT2D eigenvalue weighted by molar-refractivity contribution is -0.112. The van der Waals surface area contributed by atoms with Gasteiger partial charge in [-0.25, -0.2) is 4.98 Å². The Morgan fingerprint density at radius 2 is 2.25 bits per heavy atom. The molecule has 0 saturated heterocycles. The second-order valence-electron chi connectivity index (χ2n) is 6.12. The number of imidazole rings is 1. The maximum atomic E-state index is 6.33. The normalized spacial score (nSPS) is 26.4. The fraction of sp³-hybridized carbons (Fsp3) is 0.600. The summed E-state index contributed by atoms with van der Waals surface area (Å²) < 4.78 is 7.84. The van der Waals surface area contributed by atoms with E-state index in [9.17, 15) is 0 Å². The van der Waals surface area contributed by atoms with E-state index in [1.54, 1.807) is 13.3 Å². The van der Waals surface area contributed by atoms with Crippen LogP contribution >= 0.6 is 11.6 Å². The third kappa shape index (κ3) is 1.85. The van der Waals surface area contributed by atoms with Crippen molar-refractivity contribution in [1.82, 2.24) is 14.5 Å². The molecule has 3 atom stereocenters. The largest absolute Gasteiger partial charge is 0.381 e. The Morgan fingerprint density at radius 1 is 1.50 bits per heavy atom. The number of hydrogen-bond acceptors (Lipinski definition) is 3. The highest BCUT2D eigenvalue weighted by Crippen LogP contribution is 2.52. The molecule has 3 rings (SSSR count). The number of alkyl halides is 1. The average Bonchev–Trinajstić information content (AvgIpc) is 2.78. The fourth-order valence-electron chi connectivity index (χ4n) is 3.28. The van der Waals surface area contributed by atoms with Crippen molar-refractivity contribution in [2.24, 2.45) is 5.41 Å². The molecule has 2 heterocycles. The molecule has 1 fully saturated rings. The number of halogens is 1. The molecule has 1 aliphatic rings. The van der Waals surface area contributed by atoms with Crippen LogP contribution in [0.15, 0.2) is 18.5 Å². The van der Waals surface area contributed by atoms with E-state index in [0.29, 0.717) is 6.04 Å². The first-order valence-electron chi connectivity index (χ1n) is 6.95. The monoisotopic (exact) mass is 293 g/mol. The summed E-state index contributed by atoms with van der Waals surface area (Å²) in [6.07, 6.45) is 4.88. The topological polar surface area (TPSA) is 39.9 Å². The molecule has 5 heteroatoms. The fourth-order valence-corrected chi connectivity index (χ4v) is 3.43. The van der Waals surface area contributed by atoms with Crippen LogP contribution in [0.2, 0.25) is 0 Å². The van der Waals surface area contributed by atoms with Gasteiger partial charge in [-0.2, -0.15) is 0 Å². The Hall–Kier alpha value is -1.13. The zero-order chi connectivity index (χ0) is 14.5. The van der Waals surface area contributed by atoms with E-state index < -0.39 is 0 Å². The first-order chi connectivity index (χ1) is 9.46. The second-order valence-corrected chi connectivity index (χ2v) is 6.77. The SMILES string of the molecule is COC1CC(n2c(C(C)Cl)nc3cnccc32)C1(C)C. The van der Waals surface area contributed by atoms with Gasteiger partial charge in [0, 0.05) is 24.8 Å². The summed E-state index contributed by atoms with van der Waals surface area (Å²) in [5.41, 5.74) is 2.09. The molecule has 0 aromatic carbocycles. The molecule has 0 bridgehead atoms. The van der Waals surface area contributed by atoms with Crippen molar-refractivity contribution in [3.05, 3.63) is 24.3 Å². The molecule has 0 amide bonds. The summed E-state index contributed by atoms with van der Waals surface area (Å²) in [5, 5.41) is -0.125. The zero-order valence-corrected chi connectivity index (χ0v) is 13.1. The Morgan fingerprint density at radius 3 is 2.85 bits per heavy atom. The van der Waals surface area contributed by atoms with Crippen LogP contribution in [0.25, 0.3) is 11.0 Å². The number of rotatable bonds is 3. The van der Waals surface area contributed by atoms with Crippen molar-refractivity contribution in [2.45, 2.75) is 44.7 Å². The quantitative estimate of drug-likeness (QED) is 0.810. The molecular formula is C15H20ClN3O. The highest BCUT2D eigenvalue weighted by molar-refractivity contribution is 6.20. The second kappa shape index (κ2) is 4.71. The minimum absolute atomic E-state index is 0.0756. The number of pyridine rings is 1. The minimum Gasteiger partial charge on any atom is -0.381 e. The van der Waals surface area contributed by atoms with Gasteiger partial charge in [-0.05, 0) is 19.4 Å². The van der Waals surface area contributed by atoms with Gasteiger partial charge < -0.3 is 9.30 Å². The van der Waals surface area contributed by atoms with E-state index in [1.165, 1.54) is 0 Å². The Balaban J connectivity index is 2.13. The Kier molecular flexibility index (Phi) is 3.26. The van der Waals surface area contributed by atoms with Gasteiger partial charge in [-0.1, -0.05) is 13.8 Å². The van der Waals surface area contributed by atoms with E-state index >= 15 is 0 Å². The van der Waals surface area contributed by atoms with E-state index in [-0.39, 0.29) is 16.9 Å². The van der Waals surface area contributed by atoms with Crippen molar-refractivity contribution in [2.75, 3.05) is 7.11 Å². The predicted molar refractivity (Wildman–Crippen MR) is 80.0 cm³/mol. The van der Waals surface area contributed by atoms with Gasteiger partial charge >= 0.3 is 0 Å². The first kappa shape index (κ1) is 13.8. The molecule has 0 aliphatic heterocycles. The van der Waals surface area contributed by atoms with Crippen LogP contribution in [0.3, 0.4) is 0 Å². The highest BCUT2D eigenvalue weighted by Gasteiger charge is 2.50. The lowest BCUT2D eigenvalue weighted by Crippen LogP contribution is -2.51. The van der Waals surface area contributed by atoms with Gasteiger partial charge in [0.05, 0.1) is 23.2 Å². The van der Waals surface area contributed by atoms with Gasteiger partial charge in [-0.15, -0.1) is 11.6 Å². The zero-order valence-electron chi connectivity index (χ0n) is 12.3. The molecule has 4 nitrogen and oxygen atoms in total. The third-order valence-electron chi connectivity index (χ3n) is 4.60. The molecular weight excluding hydrogens is 274 g/mol. The van der Waals surface area contributed by atoms with E-state index in [4.69, 9.17) is 16.3 Å². The number of nitrogens with zero attached hydrogens (tertiary/aromatic N) is 3. The minimum atomic E-state index is -0.125. The van der Waals surface area contributed by atoms with Crippen LogP contribution in [-0.4, -0.2) is 27.7 Å². The van der Waals surface area contributed by atoms with E-state index in [1.807, 2.05) is 19.2 Å². The Labute approximate surface area is 124 Å². The lowest BCUT2D eigenvalue weighted by atomic mass is 9.64. The van der Waals surface area contributed by atoms with Crippen LogP contribution in [0, 0.1) is 5.41 Å². The summed E-state index contributed by atoms with van der Waals surface area (Å²) in [4.78, 5) is 8.81. The van der Waals surface area contributed by atoms with Crippen LogP contribution in [0.4, 0.5) is 0 Å². The summed E-state index contributed by atoms with van der Waals surface area (Å²) in [6, 6.07) is 2.37. The first-order valence-corrected chi connectivity index (χ1v) is 7.39. The van der Waals surface area contributed by atoms with Crippen molar-refractivity contribution >= 4 is 22.6 Å². The van der Waals surface area contributed by atoms with Gasteiger partial charge in [0.1, 0.15) is 11.3 Å². The summed E-state index contributed by atoms with van der Waals surface area (Å²) in [5.74, 6) is 0.919. The number of hydrogen-bond donors (Lipinski definition) is 0. The van der Waals surface area contributed by atoms with Crippen LogP contribution in [0.1, 0.15) is 44.4 Å². The third-order valence-corrected chi connectivity index (χ3v) is 4.79. The molecule has 108 valence electrons. The van der Waals surface area contributed by atoms with Gasteiger partial charge in [0.2, 0.25) is 0 Å². The molecule has 0 N–H and O–H groups in total. The summed E-state index contributed by atoms with van der Waals surface area (Å²) >= 11 is 6.33. The van der Waals surface area contributed by atoms with Crippen molar-refractivity contribution in [1.29, 1.82) is 0 Å². The molecule has 1 aliphatic carbocycles. The van der Waals surface area contributed by atoms with Crippen molar-refractivity contribution < 1.29 is 4.74 Å². The van der Waals surface area contributed by atoms with Crippen LogP contribution < -0.4 is 0 Å². The average molecular weight is 294 g/mol. The van der Waals surface area contributed by atoms with Gasteiger partial charge in [0.25, 0.3) is 0 Å². The molecule has 2 aromatic rings. The molecule has 1 saturated carbocycles. The summed E-state index contributed by atoms with van der Waals surface area (Å²) in [7, 11) is 1.78. The van der Waals surface area contributed by atoms with Crippen molar-refractivity contribution in [3.8, 4) is 0 Å². The Bertz CT molecular complexity index is 635. The lowest BCUT2D eigenvalue weighted by Gasteiger charge is -2.52.